The molecule has 0 spiro atoms. The molecule has 0 aliphatic rings. The Labute approximate surface area is 183 Å². The molecule has 0 saturated carbocycles. The summed E-state index contributed by atoms with van der Waals surface area (Å²) in [5.41, 5.74) is 2.43. The standard InChI is InChI=1S/C24H31NO6/c1-5-17-9-11-18(12-10-17)15-25-22(26)16-31-24(27)19-13-20(28-6-2)23(30-8-4)21(14-19)29-7-3/h9-14H,5-8,15-16H2,1-4H3,(H,25,26). The molecule has 0 fully saturated rings. The second-order valence-electron chi connectivity index (χ2n) is 6.62. The zero-order valence-corrected chi connectivity index (χ0v) is 18.7. The van der Waals surface area contributed by atoms with Crippen molar-refractivity contribution in [3.8, 4) is 17.2 Å². The molecule has 7 heteroatoms. The average Bonchev–Trinajstić information content (AvgIpc) is 2.78. The molecule has 0 aromatic heterocycles. The van der Waals surface area contributed by atoms with E-state index in [2.05, 4.69) is 12.2 Å². The van der Waals surface area contributed by atoms with Crippen LogP contribution in [0.5, 0.6) is 17.2 Å². The largest absolute Gasteiger partial charge is 0.490 e. The Morgan fingerprint density at radius 1 is 0.806 bits per heavy atom. The zero-order valence-electron chi connectivity index (χ0n) is 18.7. The summed E-state index contributed by atoms with van der Waals surface area (Å²) in [6.07, 6.45) is 0.962. The predicted molar refractivity (Wildman–Crippen MR) is 118 cm³/mol. The van der Waals surface area contributed by atoms with Crippen molar-refractivity contribution in [3.63, 3.8) is 0 Å². The van der Waals surface area contributed by atoms with Crippen LogP contribution in [0.25, 0.3) is 0 Å². The highest BCUT2D eigenvalue weighted by Gasteiger charge is 2.19. The predicted octanol–water partition coefficient (Wildman–Crippen LogP) is 3.92. The van der Waals surface area contributed by atoms with E-state index in [-0.39, 0.29) is 18.1 Å². The van der Waals surface area contributed by atoms with Crippen molar-refractivity contribution in [2.75, 3.05) is 26.4 Å². The third-order valence-corrected chi connectivity index (χ3v) is 4.40. The van der Waals surface area contributed by atoms with Crippen molar-refractivity contribution in [1.82, 2.24) is 5.32 Å². The normalized spacial score (nSPS) is 10.3. The van der Waals surface area contributed by atoms with Gasteiger partial charge < -0.3 is 24.3 Å². The van der Waals surface area contributed by atoms with Crippen molar-refractivity contribution < 1.29 is 28.5 Å². The average molecular weight is 430 g/mol. The molecule has 2 aromatic carbocycles. The molecule has 7 nitrogen and oxygen atoms in total. The smallest absolute Gasteiger partial charge is 0.338 e. The number of esters is 1. The second kappa shape index (κ2) is 12.5. The number of carbonyl (C=O) groups excluding carboxylic acids is 2. The van der Waals surface area contributed by atoms with Crippen LogP contribution in [0.3, 0.4) is 0 Å². The molecular formula is C24H31NO6. The molecule has 2 aromatic rings. The van der Waals surface area contributed by atoms with Crippen LogP contribution in [-0.2, 0) is 22.5 Å². The third kappa shape index (κ3) is 7.20. The first-order chi connectivity index (χ1) is 15.0. The van der Waals surface area contributed by atoms with Gasteiger partial charge in [-0.05, 0) is 50.5 Å². The summed E-state index contributed by atoms with van der Waals surface area (Å²) >= 11 is 0. The summed E-state index contributed by atoms with van der Waals surface area (Å²) in [6.45, 7) is 8.80. The minimum atomic E-state index is -0.646. The molecular weight excluding hydrogens is 398 g/mol. The number of hydrogen-bond acceptors (Lipinski definition) is 6. The van der Waals surface area contributed by atoms with Gasteiger partial charge >= 0.3 is 5.97 Å². The van der Waals surface area contributed by atoms with Gasteiger partial charge in [0.1, 0.15) is 0 Å². The lowest BCUT2D eigenvalue weighted by atomic mass is 10.1. The van der Waals surface area contributed by atoms with Crippen LogP contribution in [0.4, 0.5) is 0 Å². The molecule has 0 bridgehead atoms. The minimum absolute atomic E-state index is 0.221. The van der Waals surface area contributed by atoms with Crippen LogP contribution in [0, 0.1) is 0 Å². The fourth-order valence-electron chi connectivity index (χ4n) is 2.87. The highest BCUT2D eigenvalue weighted by molar-refractivity contribution is 5.92. The van der Waals surface area contributed by atoms with Gasteiger partial charge in [0.05, 0.1) is 25.4 Å². The van der Waals surface area contributed by atoms with E-state index in [1.165, 1.54) is 17.7 Å². The maximum absolute atomic E-state index is 12.5. The first-order valence-corrected chi connectivity index (χ1v) is 10.6. The van der Waals surface area contributed by atoms with Gasteiger partial charge in [-0.2, -0.15) is 0 Å². The topological polar surface area (TPSA) is 83.1 Å². The number of carbonyl (C=O) groups is 2. The number of aryl methyl sites for hydroxylation is 1. The summed E-state index contributed by atoms with van der Waals surface area (Å²) in [4.78, 5) is 24.6. The first-order valence-electron chi connectivity index (χ1n) is 10.6. The molecule has 0 unspecified atom stereocenters. The van der Waals surface area contributed by atoms with Crippen molar-refractivity contribution >= 4 is 11.9 Å². The molecule has 2 rings (SSSR count). The molecule has 0 atom stereocenters. The minimum Gasteiger partial charge on any atom is -0.490 e. The van der Waals surface area contributed by atoms with Crippen LogP contribution in [0.2, 0.25) is 0 Å². The van der Waals surface area contributed by atoms with Crippen LogP contribution < -0.4 is 19.5 Å². The lowest BCUT2D eigenvalue weighted by Gasteiger charge is -2.16. The molecule has 0 radical (unpaired) electrons. The van der Waals surface area contributed by atoms with Gasteiger partial charge in [0, 0.05) is 6.54 Å². The Bertz CT molecular complexity index is 836. The number of hydrogen-bond donors (Lipinski definition) is 1. The van der Waals surface area contributed by atoms with Crippen molar-refractivity contribution in [1.29, 1.82) is 0 Å². The van der Waals surface area contributed by atoms with Gasteiger partial charge in [-0.1, -0.05) is 31.2 Å². The summed E-state index contributed by atoms with van der Waals surface area (Å²) < 4.78 is 22.0. The van der Waals surface area contributed by atoms with E-state index in [0.717, 1.165) is 12.0 Å². The summed E-state index contributed by atoms with van der Waals surface area (Å²) in [5, 5.41) is 2.75. The van der Waals surface area contributed by atoms with E-state index in [1.807, 2.05) is 45.0 Å². The first kappa shape index (κ1) is 24.1. The number of benzene rings is 2. The van der Waals surface area contributed by atoms with E-state index >= 15 is 0 Å². The molecule has 168 valence electrons. The maximum Gasteiger partial charge on any atom is 0.338 e. The molecule has 0 saturated heterocycles. The number of ether oxygens (including phenoxy) is 4. The fraction of sp³-hybridized carbons (Fsp3) is 0.417. The van der Waals surface area contributed by atoms with Crippen LogP contribution >= 0.6 is 0 Å². The SMILES string of the molecule is CCOc1cc(C(=O)OCC(=O)NCc2ccc(CC)cc2)cc(OCC)c1OCC. The van der Waals surface area contributed by atoms with E-state index in [0.29, 0.717) is 43.6 Å². The van der Waals surface area contributed by atoms with Gasteiger partial charge in [0.25, 0.3) is 5.91 Å². The number of rotatable bonds is 12. The Morgan fingerprint density at radius 3 is 1.87 bits per heavy atom. The summed E-state index contributed by atoms with van der Waals surface area (Å²) in [7, 11) is 0. The Morgan fingerprint density at radius 2 is 1.35 bits per heavy atom. The summed E-state index contributed by atoms with van der Waals surface area (Å²) in [5.74, 6) is 0.195. The number of nitrogens with one attached hydrogen (secondary N) is 1. The van der Waals surface area contributed by atoms with E-state index < -0.39 is 5.97 Å². The molecule has 1 amide bonds. The van der Waals surface area contributed by atoms with Gasteiger partial charge in [-0.15, -0.1) is 0 Å². The third-order valence-electron chi connectivity index (χ3n) is 4.40. The van der Waals surface area contributed by atoms with Crippen LogP contribution in [0.1, 0.15) is 49.2 Å². The maximum atomic E-state index is 12.5. The summed E-state index contributed by atoms with van der Waals surface area (Å²) in [6, 6.07) is 11.1. The molecule has 31 heavy (non-hydrogen) atoms. The molecule has 0 aliphatic heterocycles. The van der Waals surface area contributed by atoms with Crippen molar-refractivity contribution in [3.05, 3.63) is 53.1 Å². The van der Waals surface area contributed by atoms with Crippen molar-refractivity contribution in [2.24, 2.45) is 0 Å². The highest BCUT2D eigenvalue weighted by atomic mass is 16.5. The zero-order chi connectivity index (χ0) is 22.6. The van der Waals surface area contributed by atoms with Crippen LogP contribution in [-0.4, -0.2) is 38.3 Å². The van der Waals surface area contributed by atoms with E-state index in [4.69, 9.17) is 18.9 Å². The quantitative estimate of drug-likeness (QED) is 0.515. The number of amides is 1. The molecule has 1 N–H and O–H groups in total. The Kier molecular flexibility index (Phi) is 9.68. The molecule has 0 aliphatic carbocycles. The van der Waals surface area contributed by atoms with Gasteiger partial charge in [0.2, 0.25) is 5.75 Å². The van der Waals surface area contributed by atoms with E-state index in [9.17, 15) is 9.59 Å². The van der Waals surface area contributed by atoms with E-state index in [1.54, 1.807) is 0 Å². The van der Waals surface area contributed by atoms with Gasteiger partial charge in [0.15, 0.2) is 18.1 Å². The van der Waals surface area contributed by atoms with Gasteiger partial charge in [-0.25, -0.2) is 4.79 Å². The Hall–Kier alpha value is -3.22. The molecule has 0 heterocycles. The Balaban J connectivity index is 2.00. The van der Waals surface area contributed by atoms with Gasteiger partial charge in [-0.3, -0.25) is 4.79 Å². The highest BCUT2D eigenvalue weighted by Crippen LogP contribution is 2.39. The monoisotopic (exact) mass is 429 g/mol. The second-order valence-corrected chi connectivity index (χ2v) is 6.62. The lowest BCUT2D eigenvalue weighted by molar-refractivity contribution is -0.124. The van der Waals surface area contributed by atoms with Crippen LogP contribution in [0.15, 0.2) is 36.4 Å². The fourth-order valence-corrected chi connectivity index (χ4v) is 2.87. The lowest BCUT2D eigenvalue weighted by Crippen LogP contribution is -2.28. The van der Waals surface area contributed by atoms with Crippen molar-refractivity contribution in [2.45, 2.75) is 40.7 Å².